The minimum atomic E-state index is -0.235. The third-order valence-electron chi connectivity index (χ3n) is 4.76. The van der Waals surface area contributed by atoms with Crippen molar-refractivity contribution in [1.82, 2.24) is 10.6 Å². The van der Waals surface area contributed by atoms with Crippen LogP contribution < -0.4 is 15.4 Å². The molecule has 0 atom stereocenters. The monoisotopic (exact) mass is 390 g/mol. The fourth-order valence-corrected chi connectivity index (χ4v) is 3.29. The van der Waals surface area contributed by atoms with Gasteiger partial charge in [-0.15, -0.1) is 0 Å². The number of aryl methyl sites for hydroxylation is 2. The molecule has 0 saturated heterocycles. The molecule has 0 aromatic heterocycles. The smallest absolute Gasteiger partial charge is 0.239 e. The number of para-hydroxylation sites is 1. The summed E-state index contributed by atoms with van der Waals surface area (Å²) in [6.45, 7) is 4.69. The summed E-state index contributed by atoms with van der Waals surface area (Å²) in [5, 5.41) is 7.59. The standard InChI is InChI=1S/C24H26N2O3/c1-17-7-5-8-18(2)24(17)29-14-13-25-23(28)16-26-22(27)15-20-11-6-10-19-9-3-4-12-21(19)20/h3-12H,13-16H2,1-2H3,(H,25,28)(H,26,27). The van der Waals surface area contributed by atoms with Crippen LogP contribution in [0.15, 0.2) is 60.7 Å². The summed E-state index contributed by atoms with van der Waals surface area (Å²) < 4.78 is 5.76. The summed E-state index contributed by atoms with van der Waals surface area (Å²) in [7, 11) is 0. The zero-order chi connectivity index (χ0) is 20.6. The highest BCUT2D eigenvalue weighted by Crippen LogP contribution is 2.22. The molecule has 3 rings (SSSR count). The highest BCUT2D eigenvalue weighted by molar-refractivity contribution is 5.91. The van der Waals surface area contributed by atoms with Crippen molar-refractivity contribution in [2.75, 3.05) is 19.7 Å². The fraction of sp³-hybridized carbons (Fsp3) is 0.250. The third kappa shape index (κ3) is 5.57. The molecule has 0 aliphatic carbocycles. The largest absolute Gasteiger partial charge is 0.491 e. The van der Waals surface area contributed by atoms with E-state index < -0.39 is 0 Å². The minimum absolute atomic E-state index is 0.0486. The molecule has 29 heavy (non-hydrogen) atoms. The van der Waals surface area contributed by atoms with Crippen molar-refractivity contribution < 1.29 is 14.3 Å². The second-order valence-electron chi connectivity index (χ2n) is 7.01. The number of nitrogens with one attached hydrogen (secondary N) is 2. The summed E-state index contributed by atoms with van der Waals surface area (Å²) >= 11 is 0. The molecule has 2 N–H and O–H groups in total. The molecule has 0 saturated carbocycles. The molecule has 0 spiro atoms. The molecule has 0 aliphatic heterocycles. The summed E-state index contributed by atoms with van der Waals surface area (Å²) in [5.74, 6) is 0.440. The molecular formula is C24H26N2O3. The van der Waals surface area contributed by atoms with Crippen LogP contribution in [0.3, 0.4) is 0 Å². The first kappa shape index (κ1) is 20.4. The average molecular weight is 390 g/mol. The lowest BCUT2D eigenvalue weighted by molar-refractivity contribution is -0.125. The highest BCUT2D eigenvalue weighted by atomic mass is 16.5. The average Bonchev–Trinajstić information content (AvgIpc) is 2.71. The van der Waals surface area contributed by atoms with Gasteiger partial charge in [0.05, 0.1) is 19.5 Å². The quantitative estimate of drug-likeness (QED) is 0.580. The van der Waals surface area contributed by atoms with Crippen molar-refractivity contribution in [2.24, 2.45) is 0 Å². The van der Waals surface area contributed by atoms with E-state index in [4.69, 9.17) is 4.74 Å². The third-order valence-corrected chi connectivity index (χ3v) is 4.76. The van der Waals surface area contributed by atoms with Crippen LogP contribution in [0.25, 0.3) is 10.8 Å². The Morgan fingerprint density at radius 3 is 2.31 bits per heavy atom. The number of carbonyl (C=O) groups excluding carboxylic acids is 2. The van der Waals surface area contributed by atoms with Gasteiger partial charge in [0.25, 0.3) is 0 Å². The summed E-state index contributed by atoms with van der Waals surface area (Å²) in [5.41, 5.74) is 3.08. The maximum atomic E-state index is 12.2. The topological polar surface area (TPSA) is 67.4 Å². The Morgan fingerprint density at radius 2 is 1.52 bits per heavy atom. The number of hydrogen-bond acceptors (Lipinski definition) is 3. The van der Waals surface area contributed by atoms with E-state index in [1.165, 1.54) is 0 Å². The van der Waals surface area contributed by atoms with Crippen molar-refractivity contribution in [1.29, 1.82) is 0 Å². The van der Waals surface area contributed by atoms with Crippen LogP contribution in [0.5, 0.6) is 5.75 Å². The molecule has 0 bridgehead atoms. The molecule has 2 amide bonds. The number of rotatable bonds is 8. The first-order valence-electron chi connectivity index (χ1n) is 9.73. The SMILES string of the molecule is Cc1cccc(C)c1OCCNC(=O)CNC(=O)Cc1cccc2ccccc12. The molecule has 5 heteroatoms. The van der Waals surface area contributed by atoms with Crippen LogP contribution in [-0.4, -0.2) is 31.5 Å². The number of benzene rings is 3. The van der Waals surface area contributed by atoms with Gasteiger partial charge in [0, 0.05) is 0 Å². The Kier molecular flexibility index (Phi) is 6.85. The van der Waals surface area contributed by atoms with Gasteiger partial charge in [-0.3, -0.25) is 9.59 Å². The molecule has 0 heterocycles. The molecule has 5 nitrogen and oxygen atoms in total. The Bertz CT molecular complexity index is 988. The lowest BCUT2D eigenvalue weighted by Gasteiger charge is -2.12. The Hall–Kier alpha value is -3.34. The molecule has 0 fully saturated rings. The fourth-order valence-electron chi connectivity index (χ4n) is 3.29. The Morgan fingerprint density at radius 1 is 0.828 bits per heavy atom. The number of carbonyl (C=O) groups is 2. The molecule has 0 aliphatic rings. The van der Waals surface area contributed by atoms with Gasteiger partial charge < -0.3 is 15.4 Å². The van der Waals surface area contributed by atoms with Crippen LogP contribution in [-0.2, 0) is 16.0 Å². The summed E-state index contributed by atoms with van der Waals surface area (Å²) in [6.07, 6.45) is 0.240. The second kappa shape index (κ2) is 9.73. The van der Waals surface area contributed by atoms with Crippen LogP contribution in [0.4, 0.5) is 0 Å². The molecule has 0 unspecified atom stereocenters. The van der Waals surface area contributed by atoms with Crippen LogP contribution in [0.2, 0.25) is 0 Å². The lowest BCUT2D eigenvalue weighted by atomic mass is 10.0. The van der Waals surface area contributed by atoms with Crippen LogP contribution in [0.1, 0.15) is 16.7 Å². The van der Waals surface area contributed by atoms with E-state index in [1.54, 1.807) is 0 Å². The Balaban J connectivity index is 1.40. The highest BCUT2D eigenvalue weighted by Gasteiger charge is 2.09. The lowest BCUT2D eigenvalue weighted by Crippen LogP contribution is -2.39. The van der Waals surface area contributed by atoms with Gasteiger partial charge in [-0.2, -0.15) is 0 Å². The van der Waals surface area contributed by atoms with Gasteiger partial charge in [0.1, 0.15) is 12.4 Å². The minimum Gasteiger partial charge on any atom is -0.491 e. The number of hydrogen-bond donors (Lipinski definition) is 2. The van der Waals surface area contributed by atoms with Gasteiger partial charge in [-0.25, -0.2) is 0 Å². The zero-order valence-electron chi connectivity index (χ0n) is 16.8. The van der Waals surface area contributed by atoms with Crippen molar-refractivity contribution in [3.05, 3.63) is 77.4 Å². The van der Waals surface area contributed by atoms with E-state index in [1.807, 2.05) is 74.5 Å². The number of fused-ring (bicyclic) bond motifs is 1. The van der Waals surface area contributed by atoms with Crippen LogP contribution in [0, 0.1) is 13.8 Å². The van der Waals surface area contributed by atoms with Gasteiger partial charge in [0.2, 0.25) is 11.8 Å². The van der Waals surface area contributed by atoms with Gasteiger partial charge >= 0.3 is 0 Å². The normalized spacial score (nSPS) is 10.6. The van der Waals surface area contributed by atoms with E-state index in [-0.39, 0.29) is 24.8 Å². The van der Waals surface area contributed by atoms with E-state index in [2.05, 4.69) is 10.6 Å². The predicted molar refractivity (Wildman–Crippen MR) is 115 cm³/mol. The van der Waals surface area contributed by atoms with E-state index in [0.29, 0.717) is 13.2 Å². The maximum Gasteiger partial charge on any atom is 0.239 e. The maximum absolute atomic E-state index is 12.2. The number of amides is 2. The summed E-state index contributed by atoms with van der Waals surface area (Å²) in [4.78, 5) is 24.2. The van der Waals surface area contributed by atoms with Crippen molar-refractivity contribution in [2.45, 2.75) is 20.3 Å². The molecular weight excluding hydrogens is 364 g/mol. The summed E-state index contributed by atoms with van der Waals surface area (Å²) in [6, 6.07) is 19.8. The van der Waals surface area contributed by atoms with Crippen molar-refractivity contribution in [3.8, 4) is 5.75 Å². The number of ether oxygens (including phenoxy) is 1. The Labute approximate surface area is 171 Å². The van der Waals surface area contributed by atoms with Gasteiger partial charge in [-0.1, -0.05) is 60.7 Å². The predicted octanol–water partition coefficient (Wildman–Crippen LogP) is 3.31. The van der Waals surface area contributed by atoms with E-state index in [0.717, 1.165) is 33.2 Å². The molecule has 0 radical (unpaired) electrons. The second-order valence-corrected chi connectivity index (χ2v) is 7.01. The van der Waals surface area contributed by atoms with E-state index >= 15 is 0 Å². The van der Waals surface area contributed by atoms with Crippen molar-refractivity contribution in [3.63, 3.8) is 0 Å². The van der Waals surface area contributed by atoms with Gasteiger partial charge in [0.15, 0.2) is 0 Å². The molecule has 150 valence electrons. The van der Waals surface area contributed by atoms with E-state index in [9.17, 15) is 9.59 Å². The first-order chi connectivity index (χ1) is 14.0. The first-order valence-corrected chi connectivity index (χ1v) is 9.73. The van der Waals surface area contributed by atoms with Crippen molar-refractivity contribution >= 4 is 22.6 Å². The molecule has 3 aromatic carbocycles. The molecule has 3 aromatic rings. The van der Waals surface area contributed by atoms with Crippen LogP contribution >= 0.6 is 0 Å². The van der Waals surface area contributed by atoms with Gasteiger partial charge in [-0.05, 0) is 41.3 Å². The zero-order valence-corrected chi connectivity index (χ0v) is 16.8.